The molecule has 3 nitrogen and oxygen atoms in total. The lowest BCUT2D eigenvalue weighted by molar-refractivity contribution is -0.125. The van der Waals surface area contributed by atoms with E-state index in [4.69, 9.17) is 17.3 Å². The van der Waals surface area contributed by atoms with E-state index < -0.39 is 6.04 Å². The number of halogens is 1. The highest BCUT2D eigenvalue weighted by atomic mass is 35.5. The molecule has 0 radical (unpaired) electrons. The summed E-state index contributed by atoms with van der Waals surface area (Å²) in [4.78, 5) is 12.8. The maximum atomic E-state index is 12.8. The molecule has 0 unspecified atom stereocenters. The van der Waals surface area contributed by atoms with Crippen LogP contribution in [-0.2, 0) is 10.2 Å². The number of nitrogens with one attached hydrogen (secondary N) is 1. The second kappa shape index (κ2) is 8.55. The lowest BCUT2D eigenvalue weighted by Gasteiger charge is -2.49. The Balaban J connectivity index is 2.25. The van der Waals surface area contributed by atoms with E-state index in [0.717, 1.165) is 30.7 Å². The van der Waals surface area contributed by atoms with Crippen molar-refractivity contribution in [3.63, 3.8) is 0 Å². The average Bonchev–Trinajstić information content (AvgIpc) is 2.53. The van der Waals surface area contributed by atoms with Gasteiger partial charge in [-0.15, -0.1) is 0 Å². The van der Waals surface area contributed by atoms with Crippen LogP contribution in [0.25, 0.3) is 0 Å². The lowest BCUT2D eigenvalue weighted by atomic mass is 9.58. The minimum atomic E-state index is -0.443. The predicted molar refractivity (Wildman–Crippen MR) is 106 cm³/mol. The third kappa shape index (κ3) is 4.57. The molecule has 0 aliphatic heterocycles. The summed E-state index contributed by atoms with van der Waals surface area (Å²) in [6.07, 6.45) is 5.27. The van der Waals surface area contributed by atoms with Crippen molar-refractivity contribution in [2.45, 2.75) is 77.3 Å². The van der Waals surface area contributed by atoms with Crippen LogP contribution in [0.4, 0.5) is 0 Å². The molecule has 1 fully saturated rings. The maximum Gasteiger partial charge on any atom is 0.237 e. The molecular formula is C21H33ClN2O. The van der Waals surface area contributed by atoms with Crippen molar-refractivity contribution in [3.8, 4) is 0 Å². The van der Waals surface area contributed by atoms with Crippen LogP contribution in [0.15, 0.2) is 24.3 Å². The molecule has 0 aromatic heterocycles. The smallest absolute Gasteiger partial charge is 0.237 e. The number of benzene rings is 1. The molecule has 0 saturated heterocycles. The summed E-state index contributed by atoms with van der Waals surface area (Å²) in [6.45, 7) is 8.54. The quantitative estimate of drug-likeness (QED) is 0.704. The summed E-state index contributed by atoms with van der Waals surface area (Å²) in [5, 5.41) is 4.07. The summed E-state index contributed by atoms with van der Waals surface area (Å²) in [6, 6.07) is 7.82. The number of amides is 1. The van der Waals surface area contributed by atoms with Crippen molar-refractivity contribution in [3.05, 3.63) is 34.9 Å². The number of carbonyl (C=O) groups is 1. The first-order chi connectivity index (χ1) is 11.8. The van der Waals surface area contributed by atoms with E-state index in [1.165, 1.54) is 12.0 Å². The molecule has 1 saturated carbocycles. The molecule has 3 atom stereocenters. The van der Waals surface area contributed by atoms with E-state index in [1.807, 2.05) is 19.1 Å². The number of hydrogen-bond acceptors (Lipinski definition) is 2. The van der Waals surface area contributed by atoms with E-state index in [0.29, 0.717) is 5.92 Å². The molecule has 1 aromatic rings. The number of rotatable bonds is 8. The van der Waals surface area contributed by atoms with E-state index in [9.17, 15) is 4.79 Å². The van der Waals surface area contributed by atoms with Crippen LogP contribution in [0.1, 0.15) is 65.4 Å². The van der Waals surface area contributed by atoms with Gasteiger partial charge in [0.15, 0.2) is 0 Å². The SMILES string of the molecule is CC[C@@H](C)[C@@H](N)C(=O)N[C@@H](CC(C)C)C1(c2ccc(Cl)cc2)CCC1. The first-order valence-corrected chi connectivity index (χ1v) is 10.00. The van der Waals surface area contributed by atoms with Gasteiger partial charge in [-0.1, -0.05) is 64.3 Å². The molecule has 1 aliphatic carbocycles. The topological polar surface area (TPSA) is 55.1 Å². The third-order valence-electron chi connectivity index (χ3n) is 5.92. The van der Waals surface area contributed by atoms with Gasteiger partial charge in [0, 0.05) is 16.5 Å². The molecule has 0 heterocycles. The van der Waals surface area contributed by atoms with Crippen LogP contribution in [0.3, 0.4) is 0 Å². The molecule has 2 rings (SSSR count). The van der Waals surface area contributed by atoms with Crippen LogP contribution in [0.2, 0.25) is 5.02 Å². The minimum absolute atomic E-state index is 0.0136. The maximum absolute atomic E-state index is 12.8. The predicted octanol–water partition coefficient (Wildman–Crippen LogP) is 4.67. The second-order valence-electron chi connectivity index (χ2n) is 8.12. The molecule has 0 bridgehead atoms. The monoisotopic (exact) mass is 364 g/mol. The molecule has 3 N–H and O–H groups in total. The minimum Gasteiger partial charge on any atom is -0.351 e. The van der Waals surface area contributed by atoms with Gasteiger partial charge < -0.3 is 11.1 Å². The van der Waals surface area contributed by atoms with Crippen LogP contribution in [0, 0.1) is 11.8 Å². The molecular weight excluding hydrogens is 332 g/mol. The van der Waals surface area contributed by atoms with E-state index in [1.54, 1.807) is 0 Å². The Morgan fingerprint density at radius 2 is 1.84 bits per heavy atom. The Labute approximate surface area is 157 Å². The summed E-state index contributed by atoms with van der Waals surface area (Å²) < 4.78 is 0. The molecule has 1 amide bonds. The molecule has 140 valence electrons. The number of nitrogens with two attached hydrogens (primary N) is 1. The van der Waals surface area contributed by atoms with Gasteiger partial charge in [0.05, 0.1) is 6.04 Å². The zero-order valence-electron chi connectivity index (χ0n) is 16.0. The van der Waals surface area contributed by atoms with Crippen molar-refractivity contribution in [1.82, 2.24) is 5.32 Å². The summed E-state index contributed by atoms with van der Waals surface area (Å²) >= 11 is 6.08. The fourth-order valence-corrected chi connectivity index (χ4v) is 3.98. The normalized spacial score (nSPS) is 19.8. The lowest BCUT2D eigenvalue weighted by Crippen LogP contribution is -2.58. The second-order valence-corrected chi connectivity index (χ2v) is 8.56. The Morgan fingerprint density at radius 3 is 2.28 bits per heavy atom. The van der Waals surface area contributed by atoms with Crippen LogP contribution in [-0.4, -0.2) is 18.0 Å². The van der Waals surface area contributed by atoms with Gasteiger partial charge in [0.1, 0.15) is 0 Å². The standard InChI is InChI=1S/C21H33ClN2O/c1-5-15(4)19(23)20(25)24-18(13-14(2)3)21(11-6-12-21)16-7-9-17(22)10-8-16/h7-10,14-15,18-19H,5-6,11-13,23H2,1-4H3,(H,24,25)/t15-,18+,19-/m1/s1. The highest BCUT2D eigenvalue weighted by Gasteiger charge is 2.46. The summed E-state index contributed by atoms with van der Waals surface area (Å²) in [5.74, 6) is 0.683. The number of carbonyl (C=O) groups excluding carboxylic acids is 1. The Bertz CT molecular complexity index is 566. The molecule has 0 spiro atoms. The third-order valence-corrected chi connectivity index (χ3v) is 6.17. The fourth-order valence-electron chi connectivity index (χ4n) is 3.85. The van der Waals surface area contributed by atoms with Crippen LogP contribution >= 0.6 is 11.6 Å². The molecule has 25 heavy (non-hydrogen) atoms. The van der Waals surface area contributed by atoms with Gasteiger partial charge >= 0.3 is 0 Å². The van der Waals surface area contributed by atoms with Crippen molar-refractivity contribution in [1.29, 1.82) is 0 Å². The molecule has 1 aromatic carbocycles. The van der Waals surface area contributed by atoms with E-state index in [-0.39, 0.29) is 23.3 Å². The van der Waals surface area contributed by atoms with Crippen molar-refractivity contribution in [2.24, 2.45) is 17.6 Å². The van der Waals surface area contributed by atoms with Crippen LogP contribution < -0.4 is 11.1 Å². The van der Waals surface area contributed by atoms with Gasteiger partial charge in [0.2, 0.25) is 5.91 Å². The number of hydrogen-bond donors (Lipinski definition) is 2. The largest absolute Gasteiger partial charge is 0.351 e. The first-order valence-electron chi connectivity index (χ1n) is 9.62. The first kappa shape index (κ1) is 20.3. The summed E-state index contributed by atoms with van der Waals surface area (Å²) in [5.41, 5.74) is 7.48. The van der Waals surface area contributed by atoms with Gasteiger partial charge in [-0.2, -0.15) is 0 Å². The Hall–Kier alpha value is -1.06. The van der Waals surface area contributed by atoms with Gasteiger partial charge in [-0.05, 0) is 48.8 Å². The highest BCUT2D eigenvalue weighted by Crippen LogP contribution is 2.48. The fraction of sp³-hybridized carbons (Fsp3) is 0.667. The van der Waals surface area contributed by atoms with E-state index in [2.05, 4.69) is 38.2 Å². The van der Waals surface area contributed by atoms with Gasteiger partial charge in [-0.25, -0.2) is 0 Å². The van der Waals surface area contributed by atoms with Gasteiger partial charge in [0.25, 0.3) is 0 Å². The van der Waals surface area contributed by atoms with Crippen molar-refractivity contribution >= 4 is 17.5 Å². The molecule has 1 aliphatic rings. The zero-order valence-corrected chi connectivity index (χ0v) is 16.8. The molecule has 4 heteroatoms. The van der Waals surface area contributed by atoms with Crippen molar-refractivity contribution < 1.29 is 4.79 Å². The highest BCUT2D eigenvalue weighted by molar-refractivity contribution is 6.30. The Morgan fingerprint density at radius 1 is 1.24 bits per heavy atom. The van der Waals surface area contributed by atoms with Crippen LogP contribution in [0.5, 0.6) is 0 Å². The van der Waals surface area contributed by atoms with Crippen molar-refractivity contribution in [2.75, 3.05) is 0 Å². The average molecular weight is 365 g/mol. The summed E-state index contributed by atoms with van der Waals surface area (Å²) in [7, 11) is 0. The van der Waals surface area contributed by atoms with Gasteiger partial charge in [-0.3, -0.25) is 4.79 Å². The zero-order chi connectivity index (χ0) is 18.6. The van der Waals surface area contributed by atoms with E-state index >= 15 is 0 Å². The Kier molecular flexibility index (Phi) is 6.93.